The van der Waals surface area contributed by atoms with Crippen LogP contribution in [0, 0.1) is 6.92 Å². The van der Waals surface area contributed by atoms with Crippen LogP contribution in [0.5, 0.6) is 0 Å². The number of piperazine rings is 1. The topological polar surface area (TPSA) is 62.5 Å². The molecule has 0 aliphatic carbocycles. The second-order valence-corrected chi connectivity index (χ2v) is 5.84. The predicted molar refractivity (Wildman–Crippen MR) is 81.7 cm³/mol. The van der Waals surface area contributed by atoms with E-state index in [1.165, 1.54) is 23.1 Å². The summed E-state index contributed by atoms with van der Waals surface area (Å²) in [5.74, 6) is 0.440. The van der Waals surface area contributed by atoms with Crippen molar-refractivity contribution < 1.29 is 22.5 Å². The van der Waals surface area contributed by atoms with Crippen molar-refractivity contribution in [2.75, 3.05) is 26.2 Å². The first-order chi connectivity index (χ1) is 11.8. The van der Waals surface area contributed by atoms with Crippen molar-refractivity contribution in [1.82, 2.24) is 19.9 Å². The molecule has 1 aromatic heterocycles. The smallest absolute Gasteiger partial charge is 0.340 e. The van der Waals surface area contributed by atoms with Crippen LogP contribution in [0.15, 0.2) is 28.8 Å². The fourth-order valence-corrected chi connectivity index (χ4v) is 2.80. The summed E-state index contributed by atoms with van der Waals surface area (Å²) in [6.07, 6.45) is -4.55. The second-order valence-electron chi connectivity index (χ2n) is 5.84. The summed E-state index contributed by atoms with van der Waals surface area (Å²) in [5.41, 5.74) is -1.21. The van der Waals surface area contributed by atoms with Gasteiger partial charge in [-0.15, -0.1) is 0 Å². The van der Waals surface area contributed by atoms with Crippen molar-refractivity contribution in [3.63, 3.8) is 0 Å². The highest BCUT2D eigenvalue weighted by Crippen LogP contribution is 2.32. The average Bonchev–Trinajstić information content (AvgIpc) is 2.99. The molecule has 0 unspecified atom stereocenters. The van der Waals surface area contributed by atoms with Gasteiger partial charge in [-0.2, -0.15) is 18.2 Å². The Morgan fingerprint density at radius 1 is 1.20 bits per heavy atom. The molecule has 1 amide bonds. The van der Waals surface area contributed by atoms with E-state index in [0.717, 1.165) is 6.07 Å². The lowest BCUT2D eigenvalue weighted by molar-refractivity contribution is -0.138. The van der Waals surface area contributed by atoms with Gasteiger partial charge in [-0.25, -0.2) is 0 Å². The zero-order chi connectivity index (χ0) is 18.0. The first-order valence-corrected chi connectivity index (χ1v) is 7.81. The van der Waals surface area contributed by atoms with E-state index >= 15 is 0 Å². The lowest BCUT2D eigenvalue weighted by Gasteiger charge is -2.34. The van der Waals surface area contributed by atoms with E-state index in [-0.39, 0.29) is 5.56 Å². The minimum atomic E-state index is -4.55. The maximum absolute atomic E-state index is 13.1. The second kappa shape index (κ2) is 6.83. The Morgan fingerprint density at radius 2 is 1.88 bits per heavy atom. The van der Waals surface area contributed by atoms with Crippen LogP contribution in [0.2, 0.25) is 0 Å². The summed E-state index contributed by atoms with van der Waals surface area (Å²) < 4.78 is 44.2. The number of alkyl halides is 3. The molecule has 1 aromatic carbocycles. The number of hydrogen-bond donors (Lipinski definition) is 0. The molecule has 134 valence electrons. The number of hydrogen-bond acceptors (Lipinski definition) is 5. The molecule has 1 saturated heterocycles. The normalized spacial score (nSPS) is 16.2. The zero-order valence-corrected chi connectivity index (χ0v) is 13.6. The van der Waals surface area contributed by atoms with Gasteiger partial charge in [0, 0.05) is 33.1 Å². The molecule has 9 heteroatoms. The number of carbonyl (C=O) groups is 1. The van der Waals surface area contributed by atoms with Gasteiger partial charge < -0.3 is 9.42 Å². The summed E-state index contributed by atoms with van der Waals surface area (Å²) in [4.78, 5) is 20.1. The van der Waals surface area contributed by atoms with E-state index in [2.05, 4.69) is 10.1 Å². The van der Waals surface area contributed by atoms with Gasteiger partial charge in [0.25, 0.3) is 5.91 Å². The monoisotopic (exact) mass is 354 g/mol. The minimum absolute atomic E-state index is 0.308. The maximum Gasteiger partial charge on any atom is 0.417 e. The Hall–Kier alpha value is -2.42. The van der Waals surface area contributed by atoms with Crippen LogP contribution < -0.4 is 0 Å². The molecular formula is C16H17F3N4O2. The molecule has 0 atom stereocenters. The number of carbonyl (C=O) groups excluding carboxylic acids is 1. The Labute approximate surface area is 142 Å². The fraction of sp³-hybridized carbons (Fsp3) is 0.438. The molecule has 1 aliphatic heterocycles. The third-order valence-corrected chi connectivity index (χ3v) is 4.06. The molecule has 25 heavy (non-hydrogen) atoms. The molecule has 0 saturated carbocycles. The van der Waals surface area contributed by atoms with Crippen molar-refractivity contribution in [2.24, 2.45) is 0 Å². The van der Waals surface area contributed by atoms with E-state index in [4.69, 9.17) is 4.52 Å². The standard InChI is InChI=1S/C16H17F3N4O2/c1-11-20-14(21-25-11)10-22-6-8-23(9-7-22)15(24)12-4-2-3-5-13(12)16(17,18)19/h2-5H,6-10H2,1H3. The predicted octanol–water partition coefficient (Wildman–Crippen LogP) is 2.35. The van der Waals surface area contributed by atoms with Gasteiger partial charge in [0.05, 0.1) is 17.7 Å². The van der Waals surface area contributed by atoms with Gasteiger partial charge in [-0.1, -0.05) is 17.3 Å². The van der Waals surface area contributed by atoms with Crippen molar-refractivity contribution in [2.45, 2.75) is 19.6 Å². The average molecular weight is 354 g/mol. The first kappa shape index (κ1) is 17.4. The van der Waals surface area contributed by atoms with Gasteiger partial charge in [0.1, 0.15) is 0 Å². The Morgan fingerprint density at radius 3 is 2.48 bits per heavy atom. The molecular weight excluding hydrogens is 337 g/mol. The van der Waals surface area contributed by atoms with E-state index in [1.54, 1.807) is 6.92 Å². The number of benzene rings is 1. The number of nitrogens with zero attached hydrogens (tertiary/aromatic N) is 4. The molecule has 1 aliphatic rings. The Kier molecular flexibility index (Phi) is 4.76. The summed E-state index contributed by atoms with van der Waals surface area (Å²) in [6, 6.07) is 4.88. The van der Waals surface area contributed by atoms with Crippen molar-refractivity contribution in [3.05, 3.63) is 47.1 Å². The van der Waals surface area contributed by atoms with Crippen LogP contribution >= 0.6 is 0 Å². The number of rotatable bonds is 3. The first-order valence-electron chi connectivity index (χ1n) is 7.81. The molecule has 0 spiro atoms. The van der Waals surface area contributed by atoms with Crippen LogP contribution in [0.1, 0.15) is 27.6 Å². The third-order valence-electron chi connectivity index (χ3n) is 4.06. The SMILES string of the molecule is Cc1nc(CN2CCN(C(=O)c3ccccc3C(F)(F)F)CC2)no1. The summed E-state index contributed by atoms with van der Waals surface area (Å²) in [5, 5.41) is 3.82. The lowest BCUT2D eigenvalue weighted by atomic mass is 10.1. The summed E-state index contributed by atoms with van der Waals surface area (Å²) in [7, 11) is 0. The number of halogens is 3. The van der Waals surface area contributed by atoms with E-state index in [9.17, 15) is 18.0 Å². The van der Waals surface area contributed by atoms with Gasteiger partial charge in [0.15, 0.2) is 5.82 Å². The van der Waals surface area contributed by atoms with Crippen molar-refractivity contribution in [1.29, 1.82) is 0 Å². The molecule has 0 N–H and O–H groups in total. The molecule has 2 aromatic rings. The van der Waals surface area contributed by atoms with Gasteiger partial charge in [-0.3, -0.25) is 9.69 Å². The van der Waals surface area contributed by atoms with E-state index < -0.39 is 17.6 Å². The van der Waals surface area contributed by atoms with Crippen LogP contribution in [0.4, 0.5) is 13.2 Å². The van der Waals surface area contributed by atoms with Gasteiger partial charge in [-0.05, 0) is 12.1 Å². The van der Waals surface area contributed by atoms with E-state index in [1.807, 2.05) is 4.90 Å². The molecule has 3 rings (SSSR count). The minimum Gasteiger partial charge on any atom is -0.340 e. The molecule has 6 nitrogen and oxygen atoms in total. The quantitative estimate of drug-likeness (QED) is 0.847. The zero-order valence-electron chi connectivity index (χ0n) is 13.6. The molecule has 2 heterocycles. The van der Waals surface area contributed by atoms with Gasteiger partial charge in [0.2, 0.25) is 5.89 Å². The van der Waals surface area contributed by atoms with Crippen LogP contribution in [-0.4, -0.2) is 52.0 Å². The highest BCUT2D eigenvalue weighted by molar-refractivity contribution is 5.96. The largest absolute Gasteiger partial charge is 0.417 e. The molecule has 0 bridgehead atoms. The summed E-state index contributed by atoms with van der Waals surface area (Å²) >= 11 is 0. The van der Waals surface area contributed by atoms with Crippen LogP contribution in [-0.2, 0) is 12.7 Å². The Bertz CT molecular complexity index is 752. The molecule has 1 fully saturated rings. The van der Waals surface area contributed by atoms with E-state index in [0.29, 0.717) is 44.4 Å². The number of amides is 1. The maximum atomic E-state index is 13.1. The van der Waals surface area contributed by atoms with Crippen molar-refractivity contribution >= 4 is 5.91 Å². The highest BCUT2D eigenvalue weighted by Gasteiger charge is 2.36. The number of aromatic nitrogens is 2. The van der Waals surface area contributed by atoms with Gasteiger partial charge >= 0.3 is 6.18 Å². The Balaban J connectivity index is 1.64. The lowest BCUT2D eigenvalue weighted by Crippen LogP contribution is -2.48. The summed E-state index contributed by atoms with van der Waals surface area (Å²) in [6.45, 7) is 3.95. The number of aryl methyl sites for hydroxylation is 1. The highest BCUT2D eigenvalue weighted by atomic mass is 19.4. The van der Waals surface area contributed by atoms with Crippen LogP contribution in [0.3, 0.4) is 0 Å². The molecule has 0 radical (unpaired) electrons. The van der Waals surface area contributed by atoms with Crippen LogP contribution in [0.25, 0.3) is 0 Å². The third kappa shape index (κ3) is 3.98. The fourth-order valence-electron chi connectivity index (χ4n) is 2.80. The van der Waals surface area contributed by atoms with Crippen molar-refractivity contribution in [3.8, 4) is 0 Å².